The summed E-state index contributed by atoms with van der Waals surface area (Å²) in [5, 5.41) is 8.25. The van der Waals surface area contributed by atoms with Crippen LogP contribution in [-0.4, -0.2) is 30.4 Å². The lowest BCUT2D eigenvalue weighted by molar-refractivity contribution is -0.122. The second-order valence-corrected chi connectivity index (χ2v) is 10.9. The molecule has 1 unspecified atom stereocenters. The highest BCUT2D eigenvalue weighted by Crippen LogP contribution is 2.39. The van der Waals surface area contributed by atoms with Gasteiger partial charge in [0, 0.05) is 23.0 Å². The van der Waals surface area contributed by atoms with Crippen molar-refractivity contribution in [1.82, 2.24) is 19.8 Å². The number of rotatable bonds is 9. The van der Waals surface area contributed by atoms with Crippen LogP contribution >= 0.6 is 11.6 Å². The van der Waals surface area contributed by atoms with Gasteiger partial charge in [-0.3, -0.25) is 4.79 Å². The van der Waals surface area contributed by atoms with E-state index in [0.29, 0.717) is 16.5 Å². The highest BCUT2D eigenvalue weighted by atomic mass is 35.5. The van der Waals surface area contributed by atoms with E-state index in [0.717, 1.165) is 36.2 Å². The first-order chi connectivity index (χ1) is 16.1. The van der Waals surface area contributed by atoms with Crippen LogP contribution in [0.5, 0.6) is 0 Å². The average Bonchev–Trinajstić information content (AvgIpc) is 3.55. The van der Waals surface area contributed by atoms with Gasteiger partial charge in [0.15, 0.2) is 0 Å². The van der Waals surface area contributed by atoms with Crippen molar-refractivity contribution in [1.29, 1.82) is 0 Å². The molecule has 0 bridgehead atoms. The minimum absolute atomic E-state index is 0.150. The Morgan fingerprint density at radius 3 is 2.62 bits per heavy atom. The minimum atomic E-state index is -3.43. The molecule has 1 amide bonds. The molecule has 2 aromatic carbocycles. The van der Waals surface area contributed by atoms with Crippen molar-refractivity contribution in [3.05, 3.63) is 81.9 Å². The van der Waals surface area contributed by atoms with E-state index in [9.17, 15) is 17.6 Å². The second kappa shape index (κ2) is 9.85. The molecular weight excluding hydrogens is 479 g/mol. The van der Waals surface area contributed by atoms with Gasteiger partial charge in [-0.2, -0.15) is 5.10 Å². The first kappa shape index (κ1) is 24.4. The third kappa shape index (κ3) is 6.02. The summed E-state index contributed by atoms with van der Waals surface area (Å²) in [4.78, 5) is 12.8. The van der Waals surface area contributed by atoms with Gasteiger partial charge in [0.05, 0.1) is 35.8 Å². The maximum atomic E-state index is 14.5. The van der Waals surface area contributed by atoms with Gasteiger partial charge in [0.25, 0.3) is 0 Å². The number of aromatic nitrogens is 2. The molecule has 2 N–H and O–H groups in total. The largest absolute Gasteiger partial charge is 0.350 e. The Labute approximate surface area is 203 Å². The molecule has 34 heavy (non-hydrogen) atoms. The highest BCUT2D eigenvalue weighted by molar-refractivity contribution is 7.88. The summed E-state index contributed by atoms with van der Waals surface area (Å²) >= 11 is 6.16. The number of carbonyl (C=O) groups excluding carboxylic acids is 1. The van der Waals surface area contributed by atoms with Crippen LogP contribution in [0.3, 0.4) is 0 Å². The summed E-state index contributed by atoms with van der Waals surface area (Å²) in [5.74, 6) is -0.973. The van der Waals surface area contributed by atoms with Crippen LogP contribution in [0.1, 0.15) is 54.1 Å². The van der Waals surface area contributed by atoms with Crippen molar-refractivity contribution in [3.8, 4) is 5.69 Å². The molecule has 7 nitrogen and oxygen atoms in total. The van der Waals surface area contributed by atoms with Gasteiger partial charge >= 0.3 is 0 Å². The van der Waals surface area contributed by atoms with Gasteiger partial charge in [-0.1, -0.05) is 29.8 Å². The summed E-state index contributed by atoms with van der Waals surface area (Å²) in [6.07, 6.45) is 3.23. The SMILES string of the molecule is CC(C(=O)NCc1cc(C2CC2)nn1-c1cccc(Cl)c1)c1ccc(CNS(C)(=O)=O)c(F)c1. The molecule has 180 valence electrons. The Hall–Kier alpha value is -2.75. The molecule has 1 aliphatic carbocycles. The van der Waals surface area contributed by atoms with Gasteiger partial charge in [0.1, 0.15) is 5.82 Å². The van der Waals surface area contributed by atoms with E-state index in [1.54, 1.807) is 23.7 Å². The zero-order valence-electron chi connectivity index (χ0n) is 18.9. The van der Waals surface area contributed by atoms with E-state index in [-0.39, 0.29) is 24.6 Å². The summed E-state index contributed by atoms with van der Waals surface area (Å²) in [7, 11) is -3.43. The van der Waals surface area contributed by atoms with Crippen LogP contribution in [0.4, 0.5) is 4.39 Å². The quantitative estimate of drug-likeness (QED) is 0.460. The molecule has 1 atom stereocenters. The first-order valence-corrected chi connectivity index (χ1v) is 13.2. The predicted molar refractivity (Wildman–Crippen MR) is 129 cm³/mol. The lowest BCUT2D eigenvalue weighted by Crippen LogP contribution is -2.28. The fraction of sp³-hybridized carbons (Fsp3) is 0.333. The van der Waals surface area contributed by atoms with E-state index >= 15 is 0 Å². The van der Waals surface area contributed by atoms with Crippen molar-refractivity contribution >= 4 is 27.5 Å². The minimum Gasteiger partial charge on any atom is -0.350 e. The number of nitrogens with zero attached hydrogens (tertiary/aromatic N) is 2. The zero-order chi connectivity index (χ0) is 24.5. The molecule has 1 aromatic heterocycles. The average molecular weight is 505 g/mol. The van der Waals surface area contributed by atoms with Crippen LogP contribution in [0.2, 0.25) is 5.02 Å². The smallest absolute Gasteiger partial charge is 0.227 e. The Morgan fingerprint density at radius 2 is 1.97 bits per heavy atom. The number of benzene rings is 2. The van der Waals surface area contributed by atoms with Gasteiger partial charge < -0.3 is 5.32 Å². The molecule has 1 heterocycles. The molecule has 1 aliphatic rings. The number of hydrogen-bond acceptors (Lipinski definition) is 4. The first-order valence-electron chi connectivity index (χ1n) is 11.0. The van der Waals surface area contributed by atoms with Crippen molar-refractivity contribution < 1.29 is 17.6 Å². The van der Waals surface area contributed by atoms with Crippen LogP contribution in [0.25, 0.3) is 5.69 Å². The van der Waals surface area contributed by atoms with Crippen LogP contribution in [-0.2, 0) is 27.9 Å². The van der Waals surface area contributed by atoms with E-state index in [2.05, 4.69) is 10.0 Å². The molecule has 1 fully saturated rings. The molecule has 10 heteroatoms. The number of hydrogen-bond donors (Lipinski definition) is 2. The number of nitrogens with one attached hydrogen (secondary N) is 2. The molecule has 3 aromatic rings. The number of halogens is 2. The predicted octanol–water partition coefficient (Wildman–Crippen LogP) is 4.01. The number of sulfonamides is 1. The maximum Gasteiger partial charge on any atom is 0.227 e. The van der Waals surface area contributed by atoms with Crippen LogP contribution in [0, 0.1) is 5.82 Å². The zero-order valence-corrected chi connectivity index (χ0v) is 20.5. The number of amides is 1. The third-order valence-electron chi connectivity index (χ3n) is 5.79. The van der Waals surface area contributed by atoms with Crippen molar-refractivity contribution in [2.24, 2.45) is 0 Å². The van der Waals surface area contributed by atoms with Crippen molar-refractivity contribution in [2.45, 2.75) is 44.7 Å². The molecule has 0 aliphatic heterocycles. The topological polar surface area (TPSA) is 93.1 Å². The normalized spacial score (nSPS) is 14.7. The molecule has 4 rings (SSSR count). The van der Waals surface area contributed by atoms with Gasteiger partial charge in [0.2, 0.25) is 15.9 Å². The summed E-state index contributed by atoms with van der Waals surface area (Å²) in [5.41, 5.74) is 3.35. The monoisotopic (exact) mass is 504 g/mol. The van der Waals surface area contributed by atoms with Crippen LogP contribution in [0.15, 0.2) is 48.5 Å². The molecule has 0 saturated heterocycles. The second-order valence-electron chi connectivity index (χ2n) is 8.61. The van der Waals surface area contributed by atoms with Crippen molar-refractivity contribution in [2.75, 3.05) is 6.26 Å². The van der Waals surface area contributed by atoms with Crippen LogP contribution < -0.4 is 10.0 Å². The molecule has 0 spiro atoms. The molecule has 0 radical (unpaired) electrons. The fourth-order valence-corrected chi connectivity index (χ4v) is 4.25. The van der Waals surface area contributed by atoms with E-state index in [1.807, 2.05) is 24.3 Å². The standard InChI is InChI=1S/C24H26ClFN4O3S/c1-15(17-8-9-18(22(26)10-17)13-28-34(2,32)33)24(31)27-14-21-12-23(16-6-7-16)29-30(21)20-5-3-4-19(25)11-20/h3-5,8-12,15-16,28H,6-7,13-14H2,1-2H3,(H,27,31). The fourth-order valence-electron chi connectivity index (χ4n) is 3.64. The molecular formula is C24H26ClFN4O3S. The third-order valence-corrected chi connectivity index (χ3v) is 6.69. The summed E-state index contributed by atoms with van der Waals surface area (Å²) in [6, 6.07) is 13.8. The lowest BCUT2D eigenvalue weighted by atomic mass is 9.98. The Morgan fingerprint density at radius 1 is 1.21 bits per heavy atom. The Bertz CT molecular complexity index is 1320. The van der Waals surface area contributed by atoms with Gasteiger partial charge in [-0.25, -0.2) is 22.2 Å². The highest BCUT2D eigenvalue weighted by Gasteiger charge is 2.28. The van der Waals surface area contributed by atoms with E-state index < -0.39 is 21.8 Å². The summed E-state index contributed by atoms with van der Waals surface area (Å²) < 4.78 is 41.0. The summed E-state index contributed by atoms with van der Waals surface area (Å²) in [6.45, 7) is 1.80. The van der Waals surface area contributed by atoms with Gasteiger partial charge in [-0.15, -0.1) is 0 Å². The Balaban J connectivity index is 1.46. The maximum absolute atomic E-state index is 14.5. The molecule has 1 saturated carbocycles. The van der Waals surface area contributed by atoms with Crippen molar-refractivity contribution in [3.63, 3.8) is 0 Å². The Kier molecular flexibility index (Phi) is 7.06. The lowest BCUT2D eigenvalue weighted by Gasteiger charge is -2.15. The number of carbonyl (C=O) groups is 1. The van der Waals surface area contributed by atoms with Gasteiger partial charge in [-0.05, 0) is 55.7 Å². The van der Waals surface area contributed by atoms with E-state index in [4.69, 9.17) is 16.7 Å². The van der Waals surface area contributed by atoms with E-state index in [1.165, 1.54) is 12.1 Å².